The van der Waals surface area contributed by atoms with Crippen LogP contribution in [0, 0.1) is 0 Å². The van der Waals surface area contributed by atoms with Gasteiger partial charge in [-0.15, -0.1) is 0 Å². The lowest BCUT2D eigenvalue weighted by atomic mass is 10.0. The molecule has 62 heavy (non-hydrogen) atoms. The first-order valence-corrected chi connectivity index (χ1v) is 27.0. The van der Waals surface area contributed by atoms with Crippen molar-refractivity contribution in [2.24, 2.45) is 0 Å². The van der Waals surface area contributed by atoms with Crippen LogP contribution in [0.2, 0.25) is 0 Å². The summed E-state index contributed by atoms with van der Waals surface area (Å²) in [4.78, 5) is 23.0. The van der Waals surface area contributed by atoms with Crippen LogP contribution in [0.5, 0.6) is 0 Å². The summed E-state index contributed by atoms with van der Waals surface area (Å²) in [5.41, 5.74) is 0. The van der Waals surface area contributed by atoms with Crippen LogP contribution in [0.4, 0.5) is 0 Å². The normalized spacial score (nSPS) is 14.1. The van der Waals surface area contributed by atoms with Gasteiger partial charge >= 0.3 is 13.8 Å². The molecule has 0 heterocycles. The summed E-state index contributed by atoms with van der Waals surface area (Å²) >= 11 is 0. The smallest absolute Gasteiger partial charge is 0.457 e. The predicted octanol–water partition coefficient (Wildman–Crippen LogP) is 15.7. The Bertz CT molecular complexity index is 1170. The fourth-order valence-corrected chi connectivity index (χ4v) is 7.67. The van der Waals surface area contributed by atoms with Gasteiger partial charge in [-0.3, -0.25) is 13.8 Å². The van der Waals surface area contributed by atoms with Gasteiger partial charge in [-0.1, -0.05) is 209 Å². The molecule has 0 fully saturated rings. The number of quaternary nitrogens is 1. The molecule has 0 saturated carbocycles. The van der Waals surface area contributed by atoms with Crippen molar-refractivity contribution in [3.05, 3.63) is 60.8 Å². The molecule has 0 aliphatic carbocycles. The molecule has 0 radical (unpaired) electrons. The first-order valence-electron chi connectivity index (χ1n) is 25.5. The van der Waals surface area contributed by atoms with Gasteiger partial charge in [-0.2, -0.15) is 0 Å². The minimum absolute atomic E-state index is 0.0871. The highest BCUT2D eigenvalue weighted by Crippen LogP contribution is 2.43. The molecule has 0 aromatic rings. The number of unbranched alkanes of at least 4 members (excludes halogenated alkanes) is 23. The monoisotopic (exact) mass is 893 g/mol. The van der Waals surface area contributed by atoms with Gasteiger partial charge in [0.25, 0.3) is 0 Å². The quantitative estimate of drug-likeness (QED) is 0.0214. The standard InChI is InChI=1S/C53H98NO7P/c1-6-8-10-12-14-16-18-20-22-23-24-25-26-27-28-29-30-31-32-33-35-37-39-41-43-45-48-58-50-52(51-60-62(56,57)59-49-47-54(3,4)5)61-53(55)46-44-42-40-38-36-34-21-19-17-15-13-11-9-7-2/h8,10,14,16,20,22,24-25,27-28,52H,6-7,9,11-13,15,17-19,21,23,26,29-51H2,1-5H3/p+1/b10-8-,16-14-,22-20-,25-24-,28-27-. The number of rotatable bonds is 47. The lowest BCUT2D eigenvalue weighted by Gasteiger charge is -2.24. The minimum Gasteiger partial charge on any atom is -0.457 e. The summed E-state index contributed by atoms with van der Waals surface area (Å²) in [6.45, 7) is 5.52. The molecule has 1 N–H and O–H groups in total. The van der Waals surface area contributed by atoms with Crippen LogP contribution in [-0.2, 0) is 27.9 Å². The molecule has 0 aromatic carbocycles. The number of hydrogen-bond donors (Lipinski definition) is 1. The number of ether oxygens (including phenoxy) is 2. The van der Waals surface area contributed by atoms with Crippen LogP contribution >= 0.6 is 7.82 Å². The molecule has 0 amide bonds. The third-order valence-electron chi connectivity index (χ3n) is 10.8. The Morgan fingerprint density at radius 3 is 1.40 bits per heavy atom. The number of esters is 1. The molecule has 0 bridgehead atoms. The molecule has 0 aliphatic rings. The van der Waals surface area contributed by atoms with Gasteiger partial charge < -0.3 is 18.9 Å². The van der Waals surface area contributed by atoms with E-state index in [1.54, 1.807) is 0 Å². The topological polar surface area (TPSA) is 91.3 Å². The van der Waals surface area contributed by atoms with Crippen LogP contribution < -0.4 is 0 Å². The zero-order valence-electron chi connectivity index (χ0n) is 41.1. The zero-order chi connectivity index (χ0) is 45.5. The van der Waals surface area contributed by atoms with Crippen molar-refractivity contribution in [2.45, 2.75) is 219 Å². The molecule has 0 saturated heterocycles. The molecule has 8 nitrogen and oxygen atoms in total. The van der Waals surface area contributed by atoms with Crippen LogP contribution in [0.1, 0.15) is 213 Å². The highest BCUT2D eigenvalue weighted by molar-refractivity contribution is 7.47. The van der Waals surface area contributed by atoms with Gasteiger partial charge in [0, 0.05) is 13.0 Å². The number of phosphoric acid groups is 1. The van der Waals surface area contributed by atoms with E-state index < -0.39 is 13.9 Å². The molecule has 2 unspecified atom stereocenters. The van der Waals surface area contributed by atoms with E-state index in [0.29, 0.717) is 24.1 Å². The second-order valence-electron chi connectivity index (χ2n) is 18.2. The van der Waals surface area contributed by atoms with Crippen molar-refractivity contribution in [2.75, 3.05) is 54.1 Å². The molecular formula is C53H99NO7P+. The second kappa shape index (κ2) is 45.8. The van der Waals surface area contributed by atoms with Gasteiger partial charge in [0.2, 0.25) is 0 Å². The molecule has 2 atom stereocenters. The van der Waals surface area contributed by atoms with Crippen molar-refractivity contribution < 1.29 is 37.3 Å². The summed E-state index contributed by atoms with van der Waals surface area (Å²) < 4.78 is 35.1. The Labute approximate surface area is 383 Å². The van der Waals surface area contributed by atoms with Crippen LogP contribution in [0.15, 0.2) is 60.8 Å². The van der Waals surface area contributed by atoms with Crippen molar-refractivity contribution >= 4 is 13.8 Å². The third-order valence-corrected chi connectivity index (χ3v) is 11.8. The van der Waals surface area contributed by atoms with E-state index in [9.17, 15) is 14.3 Å². The summed E-state index contributed by atoms with van der Waals surface area (Å²) in [7, 11) is 1.67. The van der Waals surface area contributed by atoms with E-state index >= 15 is 0 Å². The number of likely N-dealkylation sites (N-methyl/N-ethyl adjacent to an activating group) is 1. The fraction of sp³-hybridized carbons (Fsp3) is 0.792. The number of carbonyl (C=O) groups is 1. The molecule has 362 valence electrons. The van der Waals surface area contributed by atoms with Crippen LogP contribution in [0.3, 0.4) is 0 Å². The molecule has 0 spiro atoms. The summed E-state index contributed by atoms with van der Waals surface area (Å²) in [6.07, 6.45) is 58.4. The molecule has 0 rings (SSSR count). The lowest BCUT2D eigenvalue weighted by molar-refractivity contribution is -0.870. The SMILES string of the molecule is CC/C=C\C/C=C\C/C=C\C/C=C\C/C=C\CCCCCCCCCCCCOCC(COP(=O)(O)OCC[N+](C)(C)C)OC(=O)CCCCCCCCCCCCCCCC. The number of carbonyl (C=O) groups excluding carboxylic acids is 1. The zero-order valence-corrected chi connectivity index (χ0v) is 42.0. The summed E-state index contributed by atoms with van der Waals surface area (Å²) in [5, 5.41) is 0. The number of nitrogens with zero attached hydrogens (tertiary/aromatic N) is 1. The minimum atomic E-state index is -4.28. The van der Waals surface area contributed by atoms with Crippen molar-refractivity contribution in [1.29, 1.82) is 0 Å². The van der Waals surface area contributed by atoms with Crippen molar-refractivity contribution in [3.8, 4) is 0 Å². The third kappa shape index (κ3) is 49.2. The van der Waals surface area contributed by atoms with Crippen LogP contribution in [-0.4, -0.2) is 75.6 Å². The number of phosphoric ester groups is 1. The van der Waals surface area contributed by atoms with Gasteiger partial charge in [0.05, 0.1) is 34.4 Å². The number of hydrogen-bond acceptors (Lipinski definition) is 6. The van der Waals surface area contributed by atoms with Gasteiger partial charge in [-0.25, -0.2) is 4.57 Å². The van der Waals surface area contributed by atoms with Crippen molar-refractivity contribution in [3.63, 3.8) is 0 Å². The Morgan fingerprint density at radius 2 is 0.935 bits per heavy atom. The van der Waals surface area contributed by atoms with E-state index in [4.69, 9.17) is 18.5 Å². The van der Waals surface area contributed by atoms with Gasteiger partial charge in [-0.05, 0) is 57.8 Å². The average molecular weight is 893 g/mol. The van der Waals surface area contributed by atoms with E-state index in [1.807, 2.05) is 21.1 Å². The van der Waals surface area contributed by atoms with Gasteiger partial charge in [0.1, 0.15) is 19.3 Å². The molecule has 0 aromatic heterocycles. The van der Waals surface area contributed by atoms with E-state index in [1.165, 1.54) is 128 Å². The molecule has 9 heteroatoms. The fourth-order valence-electron chi connectivity index (χ4n) is 6.93. The maximum absolute atomic E-state index is 12.7. The average Bonchev–Trinajstić information content (AvgIpc) is 3.23. The molecular weight excluding hydrogens is 794 g/mol. The number of allylic oxidation sites excluding steroid dienone is 10. The van der Waals surface area contributed by atoms with E-state index in [-0.39, 0.29) is 25.8 Å². The Kier molecular flexibility index (Phi) is 44.4. The summed E-state index contributed by atoms with van der Waals surface area (Å²) in [6, 6.07) is 0. The van der Waals surface area contributed by atoms with Crippen molar-refractivity contribution in [1.82, 2.24) is 0 Å². The largest absolute Gasteiger partial charge is 0.472 e. The highest BCUT2D eigenvalue weighted by Gasteiger charge is 2.26. The van der Waals surface area contributed by atoms with Gasteiger partial charge in [0.15, 0.2) is 0 Å². The van der Waals surface area contributed by atoms with E-state index in [0.717, 1.165) is 64.2 Å². The predicted molar refractivity (Wildman–Crippen MR) is 266 cm³/mol. The van der Waals surface area contributed by atoms with E-state index in [2.05, 4.69) is 74.6 Å². The highest BCUT2D eigenvalue weighted by atomic mass is 31.2. The molecule has 0 aliphatic heterocycles. The Hall–Kier alpha value is -1.80. The first-order chi connectivity index (χ1) is 30.1. The maximum atomic E-state index is 12.7. The first kappa shape index (κ1) is 60.2. The van der Waals surface area contributed by atoms with Crippen LogP contribution in [0.25, 0.3) is 0 Å². The summed E-state index contributed by atoms with van der Waals surface area (Å²) in [5.74, 6) is -0.315. The Balaban J connectivity index is 4.10. The lowest BCUT2D eigenvalue weighted by Crippen LogP contribution is -2.37. The second-order valence-corrected chi connectivity index (χ2v) is 19.6. The maximum Gasteiger partial charge on any atom is 0.472 e. The Morgan fingerprint density at radius 1 is 0.516 bits per heavy atom.